The van der Waals surface area contributed by atoms with Gasteiger partial charge in [0.1, 0.15) is 5.75 Å². The zero-order chi connectivity index (χ0) is 14.4. The van der Waals surface area contributed by atoms with Gasteiger partial charge in [0, 0.05) is 25.2 Å². The molecular weight excluding hydrogens is 252 g/mol. The van der Waals surface area contributed by atoms with Crippen LogP contribution < -0.4 is 10.1 Å². The van der Waals surface area contributed by atoms with Crippen LogP contribution in [-0.4, -0.2) is 43.6 Å². The standard InChI is InChI=1S/C16H24N2O2/c1-3-10-20-15-8-4-6-13(11-15)16(19)18(2)12-14-7-5-9-17-14/h4,6,8,11,14,17H,3,5,7,9-10,12H2,1-2H3. The van der Waals surface area contributed by atoms with Crippen molar-refractivity contribution in [2.45, 2.75) is 32.2 Å². The molecule has 0 radical (unpaired) electrons. The fourth-order valence-corrected chi connectivity index (χ4v) is 2.49. The molecule has 4 heteroatoms. The Labute approximate surface area is 121 Å². The van der Waals surface area contributed by atoms with E-state index in [2.05, 4.69) is 12.2 Å². The largest absolute Gasteiger partial charge is 0.494 e. The van der Waals surface area contributed by atoms with E-state index in [-0.39, 0.29) is 5.91 Å². The fourth-order valence-electron chi connectivity index (χ4n) is 2.49. The Bertz CT molecular complexity index is 442. The lowest BCUT2D eigenvalue weighted by atomic mass is 10.1. The molecule has 0 bridgehead atoms. The second kappa shape index (κ2) is 7.29. The van der Waals surface area contributed by atoms with E-state index >= 15 is 0 Å². The summed E-state index contributed by atoms with van der Waals surface area (Å²) in [5.41, 5.74) is 0.694. The molecule has 110 valence electrons. The lowest BCUT2D eigenvalue weighted by Crippen LogP contribution is -2.38. The quantitative estimate of drug-likeness (QED) is 0.867. The molecule has 1 heterocycles. The van der Waals surface area contributed by atoms with Crippen LogP contribution >= 0.6 is 0 Å². The second-order valence-electron chi connectivity index (χ2n) is 5.36. The average molecular weight is 276 g/mol. The maximum absolute atomic E-state index is 12.4. The first-order valence-corrected chi connectivity index (χ1v) is 7.42. The van der Waals surface area contributed by atoms with Gasteiger partial charge < -0.3 is 15.0 Å². The van der Waals surface area contributed by atoms with Crippen LogP contribution in [0, 0.1) is 0 Å². The molecule has 1 aliphatic heterocycles. The molecule has 0 aromatic heterocycles. The van der Waals surface area contributed by atoms with Crippen molar-refractivity contribution in [3.05, 3.63) is 29.8 Å². The monoisotopic (exact) mass is 276 g/mol. The van der Waals surface area contributed by atoms with E-state index in [4.69, 9.17) is 4.74 Å². The third-order valence-corrected chi connectivity index (χ3v) is 3.56. The maximum Gasteiger partial charge on any atom is 0.253 e. The third kappa shape index (κ3) is 3.97. The molecule has 1 N–H and O–H groups in total. The van der Waals surface area contributed by atoms with Crippen molar-refractivity contribution in [1.29, 1.82) is 0 Å². The summed E-state index contributed by atoms with van der Waals surface area (Å²) in [7, 11) is 1.86. The summed E-state index contributed by atoms with van der Waals surface area (Å²) in [6.07, 6.45) is 3.32. The predicted molar refractivity (Wildman–Crippen MR) is 80.2 cm³/mol. The number of nitrogens with zero attached hydrogens (tertiary/aromatic N) is 1. The molecule has 1 amide bonds. The smallest absolute Gasteiger partial charge is 0.253 e. The van der Waals surface area contributed by atoms with Crippen LogP contribution in [0.4, 0.5) is 0 Å². The molecule has 1 atom stereocenters. The zero-order valence-corrected chi connectivity index (χ0v) is 12.4. The van der Waals surface area contributed by atoms with Gasteiger partial charge in [-0.2, -0.15) is 0 Å². The van der Waals surface area contributed by atoms with E-state index in [1.54, 1.807) is 4.90 Å². The zero-order valence-electron chi connectivity index (χ0n) is 12.4. The number of likely N-dealkylation sites (N-methyl/N-ethyl adjacent to an activating group) is 1. The van der Waals surface area contributed by atoms with E-state index in [0.717, 1.165) is 31.7 Å². The van der Waals surface area contributed by atoms with Crippen molar-refractivity contribution in [3.8, 4) is 5.75 Å². The Morgan fingerprint density at radius 3 is 3.05 bits per heavy atom. The van der Waals surface area contributed by atoms with E-state index < -0.39 is 0 Å². The van der Waals surface area contributed by atoms with Gasteiger partial charge in [-0.3, -0.25) is 4.79 Å². The van der Waals surface area contributed by atoms with Gasteiger partial charge in [0.25, 0.3) is 5.91 Å². The number of nitrogens with one attached hydrogen (secondary N) is 1. The van der Waals surface area contributed by atoms with Gasteiger partial charge in [-0.1, -0.05) is 13.0 Å². The number of carbonyl (C=O) groups is 1. The first-order chi connectivity index (χ1) is 9.70. The Balaban J connectivity index is 1.96. The van der Waals surface area contributed by atoms with Gasteiger partial charge in [-0.05, 0) is 44.0 Å². The summed E-state index contributed by atoms with van der Waals surface area (Å²) in [6.45, 7) is 4.57. The van der Waals surface area contributed by atoms with Crippen molar-refractivity contribution >= 4 is 5.91 Å². The number of rotatable bonds is 6. The Hall–Kier alpha value is -1.55. The van der Waals surface area contributed by atoms with Crippen LogP contribution in [0.5, 0.6) is 5.75 Å². The van der Waals surface area contributed by atoms with Crippen LogP contribution in [0.25, 0.3) is 0 Å². The van der Waals surface area contributed by atoms with Gasteiger partial charge in [0.2, 0.25) is 0 Å². The molecule has 1 unspecified atom stereocenters. The number of hydrogen-bond donors (Lipinski definition) is 1. The topological polar surface area (TPSA) is 41.6 Å². The van der Waals surface area contributed by atoms with Gasteiger partial charge in [0.05, 0.1) is 6.61 Å². The lowest BCUT2D eigenvalue weighted by molar-refractivity contribution is 0.0783. The molecule has 0 saturated carbocycles. The molecule has 0 aliphatic carbocycles. The van der Waals surface area contributed by atoms with E-state index in [1.165, 1.54) is 6.42 Å². The molecule has 2 rings (SSSR count). The first kappa shape index (κ1) is 14.9. The average Bonchev–Trinajstić information content (AvgIpc) is 2.97. The highest BCUT2D eigenvalue weighted by Crippen LogP contribution is 2.16. The minimum absolute atomic E-state index is 0.0562. The number of carbonyl (C=O) groups excluding carboxylic acids is 1. The normalized spacial score (nSPS) is 18.0. The lowest BCUT2D eigenvalue weighted by Gasteiger charge is -2.21. The van der Waals surface area contributed by atoms with Crippen molar-refractivity contribution in [3.63, 3.8) is 0 Å². The van der Waals surface area contributed by atoms with Crippen LogP contribution in [0.3, 0.4) is 0 Å². The second-order valence-corrected chi connectivity index (χ2v) is 5.36. The minimum atomic E-state index is 0.0562. The summed E-state index contributed by atoms with van der Waals surface area (Å²) in [4.78, 5) is 14.2. The van der Waals surface area contributed by atoms with Crippen molar-refractivity contribution in [2.75, 3.05) is 26.7 Å². The summed E-state index contributed by atoms with van der Waals surface area (Å²) in [6, 6.07) is 7.88. The maximum atomic E-state index is 12.4. The summed E-state index contributed by atoms with van der Waals surface area (Å²) >= 11 is 0. The SMILES string of the molecule is CCCOc1cccc(C(=O)N(C)CC2CCCN2)c1. The number of benzene rings is 1. The third-order valence-electron chi connectivity index (χ3n) is 3.56. The molecule has 20 heavy (non-hydrogen) atoms. The molecule has 0 spiro atoms. The van der Waals surface area contributed by atoms with Crippen LogP contribution in [0.1, 0.15) is 36.5 Å². The summed E-state index contributed by atoms with van der Waals surface area (Å²) in [5, 5.41) is 3.41. The minimum Gasteiger partial charge on any atom is -0.494 e. The van der Waals surface area contributed by atoms with Gasteiger partial charge in [0.15, 0.2) is 0 Å². The highest BCUT2D eigenvalue weighted by Gasteiger charge is 2.19. The van der Waals surface area contributed by atoms with E-state index in [0.29, 0.717) is 18.2 Å². The number of hydrogen-bond acceptors (Lipinski definition) is 3. The van der Waals surface area contributed by atoms with Gasteiger partial charge in [-0.15, -0.1) is 0 Å². The summed E-state index contributed by atoms with van der Waals surface area (Å²) < 4.78 is 5.58. The molecular formula is C16H24N2O2. The molecule has 1 aliphatic rings. The highest BCUT2D eigenvalue weighted by molar-refractivity contribution is 5.94. The Morgan fingerprint density at radius 1 is 1.50 bits per heavy atom. The van der Waals surface area contributed by atoms with Gasteiger partial charge >= 0.3 is 0 Å². The fraction of sp³-hybridized carbons (Fsp3) is 0.562. The Kier molecular flexibility index (Phi) is 5.41. The van der Waals surface area contributed by atoms with Crippen molar-refractivity contribution in [1.82, 2.24) is 10.2 Å². The molecule has 1 fully saturated rings. The van der Waals surface area contributed by atoms with Crippen molar-refractivity contribution < 1.29 is 9.53 Å². The van der Waals surface area contributed by atoms with Crippen LogP contribution in [0.2, 0.25) is 0 Å². The van der Waals surface area contributed by atoms with Crippen molar-refractivity contribution in [2.24, 2.45) is 0 Å². The highest BCUT2D eigenvalue weighted by atomic mass is 16.5. The Morgan fingerprint density at radius 2 is 2.35 bits per heavy atom. The molecule has 4 nitrogen and oxygen atoms in total. The summed E-state index contributed by atoms with van der Waals surface area (Å²) in [5.74, 6) is 0.825. The number of ether oxygens (including phenoxy) is 1. The van der Waals surface area contributed by atoms with E-state index in [9.17, 15) is 4.79 Å². The number of amides is 1. The van der Waals surface area contributed by atoms with Crippen LogP contribution in [-0.2, 0) is 0 Å². The van der Waals surface area contributed by atoms with E-state index in [1.807, 2.05) is 31.3 Å². The van der Waals surface area contributed by atoms with Gasteiger partial charge in [-0.25, -0.2) is 0 Å². The predicted octanol–water partition coefficient (Wildman–Crippen LogP) is 2.30. The van der Waals surface area contributed by atoms with Crippen LogP contribution in [0.15, 0.2) is 24.3 Å². The molecule has 1 aromatic carbocycles. The molecule has 1 saturated heterocycles. The molecule has 1 aromatic rings. The first-order valence-electron chi connectivity index (χ1n) is 7.42.